The smallest absolute Gasteiger partial charge is 0.267 e. The Kier molecular flexibility index (Phi) is 4.26. The number of aryl methyl sites for hydroxylation is 1. The third-order valence-electron chi connectivity index (χ3n) is 3.01. The van der Waals surface area contributed by atoms with Crippen LogP contribution in [0.5, 0.6) is 5.75 Å². The van der Waals surface area contributed by atoms with Gasteiger partial charge in [-0.2, -0.15) is 5.26 Å². The first-order valence-corrected chi connectivity index (χ1v) is 6.46. The second-order valence-electron chi connectivity index (χ2n) is 4.77. The molecular weight excluding hydrogens is 254 g/mol. The van der Waals surface area contributed by atoms with Crippen LogP contribution in [0.4, 0.5) is 5.69 Å². The normalized spacial score (nSPS) is 14.3. The molecule has 1 aromatic carbocycles. The molecular formula is C15H17N3O2. The molecule has 2 N–H and O–H groups in total. The van der Waals surface area contributed by atoms with Crippen LogP contribution in [0, 0.1) is 18.3 Å². The molecule has 0 atom stereocenters. The Morgan fingerprint density at radius 1 is 1.50 bits per heavy atom. The number of nitrogens with one attached hydrogen (secondary N) is 2. The lowest BCUT2D eigenvalue weighted by Crippen LogP contribution is -2.18. The van der Waals surface area contributed by atoms with Crippen LogP contribution in [0.3, 0.4) is 0 Å². The van der Waals surface area contributed by atoms with Crippen LogP contribution < -0.4 is 15.4 Å². The summed E-state index contributed by atoms with van der Waals surface area (Å²) in [6, 6.07) is 7.79. The van der Waals surface area contributed by atoms with Crippen molar-refractivity contribution >= 4 is 11.6 Å². The Labute approximate surface area is 118 Å². The van der Waals surface area contributed by atoms with E-state index in [4.69, 9.17) is 10.00 Å². The topological polar surface area (TPSA) is 74.1 Å². The highest BCUT2D eigenvalue weighted by Crippen LogP contribution is 2.25. The van der Waals surface area contributed by atoms with Crippen molar-refractivity contribution in [2.45, 2.75) is 25.8 Å². The Morgan fingerprint density at radius 3 is 2.85 bits per heavy atom. The Morgan fingerprint density at radius 2 is 2.25 bits per heavy atom. The lowest BCUT2D eigenvalue weighted by Gasteiger charge is -2.10. The molecule has 1 saturated carbocycles. The molecule has 1 amide bonds. The van der Waals surface area contributed by atoms with E-state index < -0.39 is 5.91 Å². The molecule has 0 bridgehead atoms. The fraction of sp³-hybridized carbons (Fsp3) is 0.333. The fourth-order valence-electron chi connectivity index (χ4n) is 1.71. The zero-order valence-corrected chi connectivity index (χ0v) is 11.6. The molecule has 104 valence electrons. The van der Waals surface area contributed by atoms with E-state index in [0.29, 0.717) is 17.5 Å². The summed E-state index contributed by atoms with van der Waals surface area (Å²) in [5.41, 5.74) is 1.62. The van der Waals surface area contributed by atoms with Crippen LogP contribution in [-0.4, -0.2) is 19.1 Å². The second-order valence-corrected chi connectivity index (χ2v) is 4.77. The molecule has 0 aliphatic heterocycles. The summed E-state index contributed by atoms with van der Waals surface area (Å²) < 4.78 is 5.19. The number of nitriles is 1. The van der Waals surface area contributed by atoms with Gasteiger partial charge in [0, 0.05) is 12.2 Å². The van der Waals surface area contributed by atoms with Gasteiger partial charge in [0.15, 0.2) is 0 Å². The molecule has 5 heteroatoms. The van der Waals surface area contributed by atoms with E-state index in [2.05, 4.69) is 10.6 Å². The van der Waals surface area contributed by atoms with Gasteiger partial charge in [0.1, 0.15) is 17.4 Å². The molecule has 1 aliphatic rings. The maximum Gasteiger partial charge on any atom is 0.267 e. The van der Waals surface area contributed by atoms with Gasteiger partial charge in [-0.15, -0.1) is 0 Å². The quantitative estimate of drug-likeness (QED) is 0.635. The monoisotopic (exact) mass is 271 g/mol. The molecule has 0 aromatic heterocycles. The van der Waals surface area contributed by atoms with E-state index >= 15 is 0 Å². The Bertz CT molecular complexity index is 583. The first kappa shape index (κ1) is 13.9. The number of hydrogen-bond donors (Lipinski definition) is 2. The summed E-state index contributed by atoms with van der Waals surface area (Å²) in [6.45, 7) is 1.92. The number of rotatable bonds is 5. The molecule has 2 rings (SSSR count). The van der Waals surface area contributed by atoms with Crippen LogP contribution in [0.15, 0.2) is 30.0 Å². The van der Waals surface area contributed by atoms with Gasteiger partial charge >= 0.3 is 0 Å². The first-order chi connectivity index (χ1) is 9.63. The number of benzene rings is 1. The van der Waals surface area contributed by atoms with Gasteiger partial charge in [-0.25, -0.2) is 0 Å². The fourth-order valence-corrected chi connectivity index (χ4v) is 1.71. The zero-order chi connectivity index (χ0) is 14.5. The standard InChI is InChI=1S/C15H17N3O2/c1-10-3-6-14(20-2)13(7-10)18-15(19)11(8-16)9-17-12-4-5-12/h3,6-7,9,12,17H,4-5H2,1-2H3,(H,18,19)/b11-9-. The summed E-state index contributed by atoms with van der Waals surface area (Å²) in [6.07, 6.45) is 3.65. The summed E-state index contributed by atoms with van der Waals surface area (Å²) in [5.74, 6) is 0.126. The molecule has 0 spiro atoms. The molecule has 0 radical (unpaired) electrons. The van der Waals surface area contributed by atoms with E-state index in [1.54, 1.807) is 12.1 Å². The molecule has 0 heterocycles. The van der Waals surface area contributed by atoms with Gasteiger partial charge in [-0.05, 0) is 37.5 Å². The highest BCUT2D eigenvalue weighted by Gasteiger charge is 2.20. The van der Waals surface area contributed by atoms with Crippen molar-refractivity contribution in [3.05, 3.63) is 35.5 Å². The maximum atomic E-state index is 12.1. The van der Waals surface area contributed by atoms with E-state index in [9.17, 15) is 4.79 Å². The number of carbonyl (C=O) groups is 1. The number of nitrogens with zero attached hydrogens (tertiary/aromatic N) is 1. The van der Waals surface area contributed by atoms with Crippen molar-refractivity contribution in [3.63, 3.8) is 0 Å². The number of hydrogen-bond acceptors (Lipinski definition) is 4. The highest BCUT2D eigenvalue weighted by molar-refractivity contribution is 6.07. The van der Waals surface area contributed by atoms with Crippen molar-refractivity contribution in [1.29, 1.82) is 5.26 Å². The maximum absolute atomic E-state index is 12.1. The van der Waals surface area contributed by atoms with E-state index in [0.717, 1.165) is 18.4 Å². The SMILES string of the molecule is COc1ccc(C)cc1NC(=O)/C(C#N)=C\NC1CC1. The average Bonchev–Trinajstić information content (AvgIpc) is 3.24. The third-order valence-corrected chi connectivity index (χ3v) is 3.01. The number of anilines is 1. The van der Waals surface area contributed by atoms with Crippen molar-refractivity contribution in [3.8, 4) is 11.8 Å². The van der Waals surface area contributed by atoms with Crippen molar-refractivity contribution < 1.29 is 9.53 Å². The van der Waals surface area contributed by atoms with E-state index in [1.165, 1.54) is 13.3 Å². The lowest BCUT2D eigenvalue weighted by molar-refractivity contribution is -0.112. The van der Waals surface area contributed by atoms with Crippen LogP contribution in [0.2, 0.25) is 0 Å². The van der Waals surface area contributed by atoms with Crippen LogP contribution >= 0.6 is 0 Å². The molecule has 1 aliphatic carbocycles. The van der Waals surface area contributed by atoms with Crippen molar-refractivity contribution in [2.75, 3.05) is 12.4 Å². The van der Waals surface area contributed by atoms with Gasteiger partial charge in [0.25, 0.3) is 5.91 Å². The highest BCUT2D eigenvalue weighted by atomic mass is 16.5. The van der Waals surface area contributed by atoms with E-state index in [-0.39, 0.29) is 5.57 Å². The molecule has 5 nitrogen and oxygen atoms in total. The van der Waals surface area contributed by atoms with Crippen molar-refractivity contribution in [2.24, 2.45) is 0 Å². The average molecular weight is 271 g/mol. The molecule has 0 saturated heterocycles. The second kappa shape index (κ2) is 6.11. The number of ether oxygens (including phenoxy) is 1. The van der Waals surface area contributed by atoms with Crippen LogP contribution in [0.1, 0.15) is 18.4 Å². The van der Waals surface area contributed by atoms with Gasteiger partial charge in [0.2, 0.25) is 0 Å². The zero-order valence-electron chi connectivity index (χ0n) is 11.6. The lowest BCUT2D eigenvalue weighted by atomic mass is 10.2. The summed E-state index contributed by atoms with van der Waals surface area (Å²) in [7, 11) is 1.54. The van der Waals surface area contributed by atoms with Crippen molar-refractivity contribution in [1.82, 2.24) is 5.32 Å². The van der Waals surface area contributed by atoms with Gasteiger partial charge in [-0.1, -0.05) is 6.07 Å². The predicted octanol–water partition coefficient (Wildman–Crippen LogP) is 2.10. The summed E-state index contributed by atoms with van der Waals surface area (Å²) in [5, 5.41) is 14.8. The first-order valence-electron chi connectivity index (χ1n) is 6.46. The number of amides is 1. The van der Waals surface area contributed by atoms with Gasteiger partial charge in [-0.3, -0.25) is 4.79 Å². The largest absolute Gasteiger partial charge is 0.495 e. The number of methoxy groups -OCH3 is 1. The minimum atomic E-state index is -0.440. The van der Waals surface area contributed by atoms with Crippen LogP contribution in [-0.2, 0) is 4.79 Å². The minimum Gasteiger partial charge on any atom is -0.495 e. The van der Waals surface area contributed by atoms with Crippen LogP contribution in [0.25, 0.3) is 0 Å². The predicted molar refractivity (Wildman–Crippen MR) is 76.2 cm³/mol. The summed E-state index contributed by atoms with van der Waals surface area (Å²) in [4.78, 5) is 12.1. The molecule has 20 heavy (non-hydrogen) atoms. The van der Waals surface area contributed by atoms with Gasteiger partial charge in [0.05, 0.1) is 12.8 Å². The molecule has 0 unspecified atom stereocenters. The summed E-state index contributed by atoms with van der Waals surface area (Å²) >= 11 is 0. The Balaban J connectivity index is 2.11. The molecule has 1 fully saturated rings. The van der Waals surface area contributed by atoms with E-state index in [1.807, 2.05) is 19.1 Å². The minimum absolute atomic E-state index is 0.0560. The van der Waals surface area contributed by atoms with Gasteiger partial charge < -0.3 is 15.4 Å². The number of carbonyl (C=O) groups excluding carboxylic acids is 1. The third kappa shape index (κ3) is 3.51. The molecule has 1 aromatic rings. The Hall–Kier alpha value is -2.48.